The van der Waals surface area contributed by atoms with Gasteiger partial charge in [0.1, 0.15) is 23.9 Å². The molecule has 29 heavy (non-hydrogen) atoms. The fourth-order valence-electron chi connectivity index (χ4n) is 2.63. The predicted octanol–water partition coefficient (Wildman–Crippen LogP) is 5.98. The summed E-state index contributed by atoms with van der Waals surface area (Å²) in [7, 11) is 0. The Bertz CT molecular complexity index is 999. The number of para-hydroxylation sites is 1. The van der Waals surface area contributed by atoms with E-state index >= 15 is 0 Å². The van der Waals surface area contributed by atoms with E-state index in [1.165, 1.54) is 18.2 Å². The molecule has 1 amide bonds. The number of benzene rings is 2. The fraction of sp³-hybridized carbons (Fsp3) is 0.190. The highest BCUT2D eigenvalue weighted by Gasteiger charge is 2.16. The quantitative estimate of drug-likeness (QED) is 0.509. The lowest BCUT2D eigenvalue weighted by Crippen LogP contribution is -2.13. The number of nitrogens with one attached hydrogen (secondary N) is 1. The van der Waals surface area contributed by atoms with Crippen LogP contribution in [0.25, 0.3) is 0 Å². The zero-order valence-corrected chi connectivity index (χ0v) is 16.4. The van der Waals surface area contributed by atoms with Gasteiger partial charge >= 0.3 is 6.61 Å². The second-order valence-corrected chi connectivity index (χ2v) is 6.68. The van der Waals surface area contributed by atoms with Gasteiger partial charge in [-0.05, 0) is 55.3 Å². The van der Waals surface area contributed by atoms with Gasteiger partial charge < -0.3 is 19.2 Å². The number of alkyl halides is 2. The van der Waals surface area contributed by atoms with Crippen LogP contribution in [0.4, 0.5) is 14.5 Å². The Hall–Kier alpha value is -3.06. The van der Waals surface area contributed by atoms with E-state index in [0.29, 0.717) is 22.1 Å². The number of furan rings is 1. The number of carbonyl (C=O) groups excluding carboxylic acids is 1. The van der Waals surface area contributed by atoms with Gasteiger partial charge in [0.15, 0.2) is 5.76 Å². The highest BCUT2D eigenvalue weighted by Crippen LogP contribution is 2.30. The van der Waals surface area contributed by atoms with Gasteiger partial charge in [-0.1, -0.05) is 29.8 Å². The largest absolute Gasteiger partial charge is 0.484 e. The number of halogens is 3. The van der Waals surface area contributed by atoms with Crippen molar-refractivity contribution < 1.29 is 27.5 Å². The monoisotopic (exact) mass is 421 g/mol. The zero-order valence-electron chi connectivity index (χ0n) is 15.7. The maximum atomic E-state index is 12.6. The summed E-state index contributed by atoms with van der Waals surface area (Å²) in [4.78, 5) is 12.4. The first-order valence-corrected chi connectivity index (χ1v) is 9.04. The van der Waals surface area contributed by atoms with E-state index in [-0.39, 0.29) is 23.8 Å². The number of ether oxygens (including phenoxy) is 2. The minimum atomic E-state index is -3.01. The van der Waals surface area contributed by atoms with Crippen LogP contribution in [-0.2, 0) is 6.61 Å². The van der Waals surface area contributed by atoms with Crippen molar-refractivity contribution in [3.8, 4) is 11.5 Å². The Balaban J connectivity index is 1.68. The summed E-state index contributed by atoms with van der Waals surface area (Å²) in [6, 6.07) is 13.0. The second kappa shape index (κ2) is 8.96. The number of hydrogen-bond acceptors (Lipinski definition) is 4. The van der Waals surface area contributed by atoms with Gasteiger partial charge in [-0.25, -0.2) is 0 Å². The molecule has 3 rings (SSSR count). The highest BCUT2D eigenvalue weighted by atomic mass is 35.5. The molecule has 0 fully saturated rings. The Morgan fingerprint density at radius 2 is 1.97 bits per heavy atom. The maximum absolute atomic E-state index is 12.6. The lowest BCUT2D eigenvalue weighted by Gasteiger charge is -2.12. The van der Waals surface area contributed by atoms with E-state index in [1.807, 2.05) is 19.1 Å². The predicted molar refractivity (Wildman–Crippen MR) is 105 cm³/mol. The molecule has 8 heteroatoms. The molecular formula is C21H18ClF2NO4. The number of anilines is 1. The van der Waals surface area contributed by atoms with Crippen molar-refractivity contribution in [3.05, 3.63) is 76.2 Å². The summed E-state index contributed by atoms with van der Waals surface area (Å²) < 4.78 is 40.8. The highest BCUT2D eigenvalue weighted by molar-refractivity contribution is 6.32. The Morgan fingerprint density at radius 1 is 1.17 bits per heavy atom. The Labute approximate surface area is 171 Å². The van der Waals surface area contributed by atoms with Gasteiger partial charge in [-0.15, -0.1) is 0 Å². The molecule has 0 saturated heterocycles. The van der Waals surface area contributed by atoms with Crippen LogP contribution in [0, 0.1) is 13.8 Å². The van der Waals surface area contributed by atoms with Gasteiger partial charge in [0, 0.05) is 0 Å². The van der Waals surface area contributed by atoms with Crippen LogP contribution < -0.4 is 14.8 Å². The van der Waals surface area contributed by atoms with Crippen LogP contribution in [0.2, 0.25) is 5.02 Å². The van der Waals surface area contributed by atoms with Crippen LogP contribution in [0.1, 0.15) is 27.4 Å². The molecular weight excluding hydrogens is 404 g/mol. The molecule has 0 bridgehead atoms. The third-order valence-corrected chi connectivity index (χ3v) is 4.31. The van der Waals surface area contributed by atoms with Crippen LogP contribution >= 0.6 is 11.6 Å². The van der Waals surface area contributed by atoms with Crippen molar-refractivity contribution >= 4 is 23.2 Å². The summed E-state index contributed by atoms with van der Waals surface area (Å²) in [5, 5.41) is 2.98. The molecule has 1 heterocycles. The maximum Gasteiger partial charge on any atom is 0.387 e. The number of aryl methyl sites for hydroxylation is 2. The topological polar surface area (TPSA) is 60.7 Å². The van der Waals surface area contributed by atoms with Crippen LogP contribution in [0.3, 0.4) is 0 Å². The summed E-state index contributed by atoms with van der Waals surface area (Å²) in [6.07, 6.45) is 0. The van der Waals surface area contributed by atoms with E-state index in [4.69, 9.17) is 20.8 Å². The average Bonchev–Trinajstić information content (AvgIpc) is 3.12. The lowest BCUT2D eigenvalue weighted by molar-refractivity contribution is -0.0494. The first-order valence-electron chi connectivity index (χ1n) is 8.67. The van der Waals surface area contributed by atoms with Gasteiger partial charge in [-0.3, -0.25) is 4.79 Å². The molecule has 0 aliphatic carbocycles. The summed E-state index contributed by atoms with van der Waals surface area (Å²) >= 11 is 6.12. The van der Waals surface area contributed by atoms with Crippen molar-refractivity contribution in [1.82, 2.24) is 0 Å². The molecule has 0 unspecified atom stereocenters. The van der Waals surface area contributed by atoms with Gasteiger partial charge in [0.2, 0.25) is 0 Å². The number of carbonyl (C=O) groups is 1. The third kappa shape index (κ3) is 5.26. The second-order valence-electron chi connectivity index (χ2n) is 6.27. The minimum Gasteiger partial charge on any atom is -0.484 e. The molecule has 0 aliphatic rings. The molecule has 1 N–H and O–H groups in total. The van der Waals surface area contributed by atoms with Gasteiger partial charge in [-0.2, -0.15) is 8.78 Å². The summed E-state index contributed by atoms with van der Waals surface area (Å²) in [5.41, 5.74) is 1.70. The van der Waals surface area contributed by atoms with E-state index < -0.39 is 12.5 Å². The smallest absolute Gasteiger partial charge is 0.387 e. The zero-order chi connectivity index (χ0) is 21.0. The Kier molecular flexibility index (Phi) is 6.39. The average molecular weight is 422 g/mol. The Morgan fingerprint density at radius 3 is 2.69 bits per heavy atom. The number of amides is 1. The van der Waals surface area contributed by atoms with Crippen LogP contribution in [-0.4, -0.2) is 12.5 Å². The molecule has 0 spiro atoms. The number of rotatable bonds is 7. The molecule has 2 aromatic carbocycles. The van der Waals surface area contributed by atoms with E-state index in [1.54, 1.807) is 25.1 Å². The molecule has 0 saturated carbocycles. The van der Waals surface area contributed by atoms with Gasteiger partial charge in [0.05, 0.1) is 10.7 Å². The molecule has 5 nitrogen and oxygen atoms in total. The molecule has 152 valence electrons. The van der Waals surface area contributed by atoms with E-state index in [9.17, 15) is 13.6 Å². The van der Waals surface area contributed by atoms with Crippen molar-refractivity contribution in [2.75, 3.05) is 5.32 Å². The van der Waals surface area contributed by atoms with Crippen molar-refractivity contribution in [2.45, 2.75) is 27.1 Å². The molecule has 3 aromatic rings. The molecule has 0 atom stereocenters. The molecule has 0 radical (unpaired) electrons. The molecule has 1 aromatic heterocycles. The van der Waals surface area contributed by atoms with Crippen molar-refractivity contribution in [1.29, 1.82) is 0 Å². The lowest BCUT2D eigenvalue weighted by atomic mass is 10.2. The van der Waals surface area contributed by atoms with Crippen LogP contribution in [0.15, 0.2) is 52.9 Å². The standard InChI is InChI=1S/C21H18ClF2NO4/c1-12-6-8-16(18(10-12)29-21(23)24)25-20(26)17-9-7-14(28-17)11-27-19-13(2)4-3-5-15(19)22/h3-10,21H,11H2,1-2H3,(H,25,26). The van der Waals surface area contributed by atoms with E-state index in [2.05, 4.69) is 10.1 Å². The van der Waals surface area contributed by atoms with Crippen LogP contribution in [0.5, 0.6) is 11.5 Å². The first-order chi connectivity index (χ1) is 13.8. The number of hydrogen-bond donors (Lipinski definition) is 1. The molecule has 0 aliphatic heterocycles. The van der Waals surface area contributed by atoms with Gasteiger partial charge in [0.25, 0.3) is 5.91 Å². The van der Waals surface area contributed by atoms with Crippen molar-refractivity contribution in [3.63, 3.8) is 0 Å². The third-order valence-electron chi connectivity index (χ3n) is 4.01. The summed E-state index contributed by atoms with van der Waals surface area (Å²) in [5.74, 6) is 0.210. The first kappa shape index (κ1) is 20.7. The fourth-order valence-corrected chi connectivity index (χ4v) is 2.91. The minimum absolute atomic E-state index is 0.00283. The normalized spacial score (nSPS) is 10.8. The van der Waals surface area contributed by atoms with E-state index in [0.717, 1.165) is 5.56 Å². The SMILES string of the molecule is Cc1ccc(NC(=O)c2ccc(COc3c(C)cccc3Cl)o2)c(OC(F)F)c1. The van der Waals surface area contributed by atoms with Crippen molar-refractivity contribution in [2.24, 2.45) is 0 Å². The summed E-state index contributed by atoms with van der Waals surface area (Å²) in [6.45, 7) is 0.655.